The summed E-state index contributed by atoms with van der Waals surface area (Å²) in [5.41, 5.74) is 0. The van der Waals surface area contributed by atoms with E-state index in [1.54, 1.807) is 0 Å². The summed E-state index contributed by atoms with van der Waals surface area (Å²) in [5.74, 6) is -0.833. The normalized spacial score (nSPS) is 10.2. The van der Waals surface area contributed by atoms with Crippen molar-refractivity contribution >= 4 is 5.97 Å². The molecule has 0 rings (SSSR count). The van der Waals surface area contributed by atoms with E-state index in [9.17, 15) is 0 Å². The molecule has 3 nitrogen and oxygen atoms in total. The van der Waals surface area contributed by atoms with E-state index in [0.717, 1.165) is 19.8 Å². The lowest BCUT2D eigenvalue weighted by Crippen LogP contribution is -1.79. The zero-order valence-electron chi connectivity index (χ0n) is 12.0. The Balaban J connectivity index is 0. The van der Waals surface area contributed by atoms with Crippen LogP contribution in [-0.4, -0.2) is 22.8 Å². The largest absolute Gasteiger partial charge is 0.481 e. The summed E-state index contributed by atoms with van der Waals surface area (Å²) >= 11 is 0. The van der Waals surface area contributed by atoms with Crippen molar-refractivity contribution in [3.63, 3.8) is 0 Å². The van der Waals surface area contributed by atoms with Gasteiger partial charge in [0.1, 0.15) is 0 Å². The highest BCUT2D eigenvalue weighted by Crippen LogP contribution is 2.07. The van der Waals surface area contributed by atoms with Gasteiger partial charge in [0.05, 0.1) is 0 Å². The van der Waals surface area contributed by atoms with Crippen LogP contribution in [-0.2, 0) is 4.79 Å². The van der Waals surface area contributed by atoms with Gasteiger partial charge in [-0.1, -0.05) is 51.2 Å². The highest BCUT2D eigenvalue weighted by molar-refractivity contribution is 5.62. The van der Waals surface area contributed by atoms with Crippen molar-refractivity contribution in [3.8, 4) is 0 Å². The number of allylic oxidation sites excluding steroid dienone is 2. The number of unbranched alkanes of at least 4 members (excludes halogenated alkanes) is 7. The summed E-state index contributed by atoms with van der Waals surface area (Å²) in [6, 6.07) is 0. The molecule has 18 heavy (non-hydrogen) atoms. The molecule has 3 heteroatoms. The van der Waals surface area contributed by atoms with Crippen LogP contribution in [0.4, 0.5) is 0 Å². The van der Waals surface area contributed by atoms with E-state index in [-0.39, 0.29) is 0 Å². The molecule has 108 valence electrons. The predicted octanol–water partition coefficient (Wildman–Crippen LogP) is 4.16. The molecule has 0 unspecified atom stereocenters. The van der Waals surface area contributed by atoms with Crippen molar-refractivity contribution in [2.24, 2.45) is 0 Å². The number of aliphatic carboxylic acids is 1. The van der Waals surface area contributed by atoms with Gasteiger partial charge >= 0.3 is 0 Å². The number of hydrogen-bond acceptors (Lipinski definition) is 2. The van der Waals surface area contributed by atoms with Crippen LogP contribution in [0.2, 0.25) is 0 Å². The summed E-state index contributed by atoms with van der Waals surface area (Å²) in [7, 11) is 0. The molecular formula is C15H30O3. The minimum atomic E-state index is -0.833. The second kappa shape index (κ2) is 18.5. The minimum Gasteiger partial charge on any atom is -0.481 e. The van der Waals surface area contributed by atoms with E-state index in [1.807, 2.05) is 0 Å². The Kier molecular flexibility index (Phi) is 20.1. The van der Waals surface area contributed by atoms with Crippen molar-refractivity contribution in [3.05, 3.63) is 12.2 Å². The van der Waals surface area contributed by atoms with Crippen LogP contribution in [0.25, 0.3) is 0 Å². The minimum absolute atomic E-state index is 0.321. The van der Waals surface area contributed by atoms with Crippen LogP contribution < -0.4 is 0 Å². The van der Waals surface area contributed by atoms with Gasteiger partial charge in [-0.25, -0.2) is 0 Å². The third-order valence-electron chi connectivity index (χ3n) is 2.42. The lowest BCUT2D eigenvalue weighted by atomic mass is 10.1. The molecule has 0 amide bonds. The van der Waals surface area contributed by atoms with Gasteiger partial charge in [0, 0.05) is 13.5 Å². The van der Waals surface area contributed by atoms with E-state index in [4.69, 9.17) is 15.0 Å². The summed E-state index contributed by atoms with van der Waals surface area (Å²) in [4.78, 5) is 9.00. The van der Waals surface area contributed by atoms with Crippen LogP contribution in [0.15, 0.2) is 12.2 Å². The Bertz CT molecular complexity index is 184. The second-order valence-corrected chi connectivity index (χ2v) is 4.41. The molecule has 0 aliphatic heterocycles. The Labute approximate surface area is 112 Å². The van der Waals surface area contributed by atoms with Gasteiger partial charge < -0.3 is 10.2 Å². The lowest BCUT2D eigenvalue weighted by molar-refractivity contribution is -0.134. The number of carboxylic acids is 1. The van der Waals surface area contributed by atoms with Gasteiger partial charge in [-0.2, -0.15) is 0 Å². The van der Waals surface area contributed by atoms with Crippen LogP contribution in [0.1, 0.15) is 71.6 Å². The van der Waals surface area contributed by atoms with Crippen LogP contribution in [0.3, 0.4) is 0 Å². The molecule has 0 fully saturated rings. The number of aliphatic hydroxyl groups is 1. The maximum Gasteiger partial charge on any atom is 0.300 e. The molecule has 2 N–H and O–H groups in total. The first-order valence-corrected chi connectivity index (χ1v) is 7.10. The van der Waals surface area contributed by atoms with Gasteiger partial charge in [-0.3, -0.25) is 4.79 Å². The second-order valence-electron chi connectivity index (χ2n) is 4.41. The highest BCUT2D eigenvalue weighted by atomic mass is 16.4. The Hall–Kier alpha value is -0.830. The molecular weight excluding hydrogens is 228 g/mol. The molecule has 0 atom stereocenters. The van der Waals surface area contributed by atoms with Gasteiger partial charge in [0.2, 0.25) is 0 Å². The molecule has 0 spiro atoms. The number of rotatable bonds is 10. The molecule has 0 aliphatic carbocycles. The lowest BCUT2D eigenvalue weighted by Gasteiger charge is -1.97. The smallest absolute Gasteiger partial charge is 0.300 e. The van der Waals surface area contributed by atoms with E-state index < -0.39 is 5.97 Å². The highest BCUT2D eigenvalue weighted by Gasteiger charge is 1.87. The van der Waals surface area contributed by atoms with E-state index in [0.29, 0.717) is 6.61 Å². The molecule has 0 aromatic carbocycles. The van der Waals surface area contributed by atoms with Crippen molar-refractivity contribution in [1.29, 1.82) is 0 Å². The SMILES string of the molecule is CC(=O)O.CCCCCCCCC=CCCCO. The van der Waals surface area contributed by atoms with E-state index in [2.05, 4.69) is 19.1 Å². The van der Waals surface area contributed by atoms with Gasteiger partial charge in [0.25, 0.3) is 5.97 Å². The zero-order chi connectivity index (χ0) is 14.1. The molecule has 0 radical (unpaired) electrons. The van der Waals surface area contributed by atoms with Crippen molar-refractivity contribution < 1.29 is 15.0 Å². The fraction of sp³-hybridized carbons (Fsp3) is 0.800. The van der Waals surface area contributed by atoms with E-state index >= 15 is 0 Å². The fourth-order valence-electron chi connectivity index (χ4n) is 1.49. The Morgan fingerprint density at radius 2 is 1.39 bits per heavy atom. The van der Waals surface area contributed by atoms with Gasteiger partial charge in [0.15, 0.2) is 0 Å². The zero-order valence-corrected chi connectivity index (χ0v) is 12.0. The van der Waals surface area contributed by atoms with Gasteiger partial charge in [-0.15, -0.1) is 0 Å². The number of hydrogen-bond donors (Lipinski definition) is 2. The van der Waals surface area contributed by atoms with Crippen molar-refractivity contribution in [1.82, 2.24) is 0 Å². The van der Waals surface area contributed by atoms with Crippen LogP contribution >= 0.6 is 0 Å². The Morgan fingerprint density at radius 1 is 0.944 bits per heavy atom. The monoisotopic (exact) mass is 258 g/mol. The average molecular weight is 258 g/mol. The summed E-state index contributed by atoms with van der Waals surface area (Å²) in [6.45, 7) is 3.66. The van der Waals surface area contributed by atoms with Crippen molar-refractivity contribution in [2.75, 3.05) is 6.61 Å². The molecule has 0 heterocycles. The van der Waals surface area contributed by atoms with Crippen molar-refractivity contribution in [2.45, 2.75) is 71.6 Å². The quantitative estimate of drug-likeness (QED) is 0.457. The summed E-state index contributed by atoms with van der Waals surface area (Å²) in [6.07, 6.45) is 15.9. The van der Waals surface area contributed by atoms with Gasteiger partial charge in [-0.05, 0) is 25.7 Å². The van der Waals surface area contributed by atoms with Crippen LogP contribution in [0.5, 0.6) is 0 Å². The standard InChI is InChI=1S/C13H26O.C2H4O2/c1-2-3-4-5-6-7-8-9-10-11-12-13-14;1-2(3)4/h9-10,14H,2-8,11-13H2,1H3;1H3,(H,3,4). The first-order valence-electron chi connectivity index (χ1n) is 7.10. The number of carbonyl (C=O) groups is 1. The average Bonchev–Trinajstić information content (AvgIpc) is 2.31. The van der Waals surface area contributed by atoms with Crippen LogP contribution in [0, 0.1) is 0 Å². The third-order valence-corrected chi connectivity index (χ3v) is 2.42. The van der Waals surface area contributed by atoms with E-state index in [1.165, 1.54) is 44.9 Å². The molecule has 0 saturated carbocycles. The third kappa shape index (κ3) is 29.4. The predicted molar refractivity (Wildman–Crippen MR) is 76.8 cm³/mol. The maximum absolute atomic E-state index is 9.00. The summed E-state index contributed by atoms with van der Waals surface area (Å²) in [5, 5.41) is 16.0. The first kappa shape index (κ1) is 19.5. The topological polar surface area (TPSA) is 57.5 Å². The maximum atomic E-state index is 9.00. The number of carboxylic acid groups (broad SMARTS) is 1. The molecule has 0 bridgehead atoms. The molecule has 0 aliphatic rings. The molecule has 0 saturated heterocycles. The Morgan fingerprint density at radius 3 is 1.89 bits per heavy atom. The fourth-order valence-corrected chi connectivity index (χ4v) is 1.49. The first-order chi connectivity index (χ1) is 8.65. The molecule has 0 aromatic heterocycles. The molecule has 0 aromatic rings. The number of aliphatic hydroxyl groups excluding tert-OH is 1. The summed E-state index contributed by atoms with van der Waals surface area (Å²) < 4.78 is 0.